The van der Waals surface area contributed by atoms with Gasteiger partial charge in [-0.25, -0.2) is 0 Å². The Bertz CT molecular complexity index is 323. The van der Waals surface area contributed by atoms with Gasteiger partial charge in [-0.15, -0.1) is 0 Å². The Balaban J connectivity index is 1.87. The summed E-state index contributed by atoms with van der Waals surface area (Å²) in [6.07, 6.45) is 8.18. The number of nitrogens with zero attached hydrogens (tertiary/aromatic N) is 1. The summed E-state index contributed by atoms with van der Waals surface area (Å²) in [5.41, 5.74) is 0. The molecule has 2 aliphatic heterocycles. The van der Waals surface area contributed by atoms with Crippen molar-refractivity contribution in [2.24, 2.45) is 17.8 Å². The molecule has 0 aromatic rings. The summed E-state index contributed by atoms with van der Waals surface area (Å²) < 4.78 is 0. The molecule has 3 unspecified atom stereocenters. The molecule has 2 aliphatic rings. The Kier molecular flexibility index (Phi) is 6.53. The minimum atomic E-state index is 0.415. The Morgan fingerprint density at radius 1 is 1.19 bits per heavy atom. The Morgan fingerprint density at radius 3 is 2.67 bits per heavy atom. The number of nitrogens with one attached hydrogen (secondary N) is 1. The summed E-state index contributed by atoms with van der Waals surface area (Å²) >= 11 is 0. The van der Waals surface area contributed by atoms with E-state index in [9.17, 15) is 4.79 Å². The third-order valence-electron chi connectivity index (χ3n) is 5.33. The molecule has 0 spiro atoms. The van der Waals surface area contributed by atoms with Crippen molar-refractivity contribution in [3.05, 3.63) is 0 Å². The number of carbonyl (C=O) groups excluding carboxylic acids is 1. The first kappa shape index (κ1) is 16.8. The summed E-state index contributed by atoms with van der Waals surface area (Å²) in [5.74, 6) is 2.31. The molecule has 0 radical (unpaired) electrons. The maximum Gasteiger partial charge on any atom is 0.223 e. The van der Waals surface area contributed by atoms with Crippen molar-refractivity contribution in [2.75, 3.05) is 19.6 Å². The first-order valence-corrected chi connectivity index (χ1v) is 9.08. The molecule has 2 heterocycles. The molecule has 3 nitrogen and oxygen atoms in total. The summed E-state index contributed by atoms with van der Waals surface area (Å²) in [5, 5.41) is 3.48. The van der Waals surface area contributed by atoms with Gasteiger partial charge in [0.1, 0.15) is 0 Å². The average Bonchev–Trinajstić information content (AvgIpc) is 2.48. The van der Waals surface area contributed by atoms with E-state index in [-0.39, 0.29) is 0 Å². The van der Waals surface area contributed by atoms with Gasteiger partial charge in [-0.1, -0.05) is 20.8 Å². The van der Waals surface area contributed by atoms with Crippen molar-refractivity contribution >= 4 is 5.91 Å². The number of rotatable bonds is 5. The van der Waals surface area contributed by atoms with Crippen LogP contribution in [-0.4, -0.2) is 36.5 Å². The Morgan fingerprint density at radius 2 is 2.00 bits per heavy atom. The SMILES string of the molecule is CC(C)CC1CCCCN1C(=O)CC(C)C1CCCNC1. The van der Waals surface area contributed by atoms with Crippen LogP contribution in [0.5, 0.6) is 0 Å². The van der Waals surface area contributed by atoms with Gasteiger partial charge in [0.05, 0.1) is 0 Å². The molecule has 2 fully saturated rings. The summed E-state index contributed by atoms with van der Waals surface area (Å²) in [6, 6.07) is 0.503. The standard InChI is InChI=1S/C18H34N2O/c1-14(2)11-17-8-4-5-10-20(17)18(21)12-15(3)16-7-6-9-19-13-16/h14-17,19H,4-13H2,1-3H3. The van der Waals surface area contributed by atoms with Crippen LogP contribution in [0, 0.1) is 17.8 Å². The molecule has 1 amide bonds. The van der Waals surface area contributed by atoms with Crippen LogP contribution in [0.2, 0.25) is 0 Å². The van der Waals surface area contributed by atoms with Gasteiger partial charge in [-0.3, -0.25) is 4.79 Å². The fourth-order valence-corrected chi connectivity index (χ4v) is 4.04. The lowest BCUT2D eigenvalue weighted by Gasteiger charge is -2.38. The number of hydrogen-bond acceptors (Lipinski definition) is 2. The van der Waals surface area contributed by atoms with Crippen LogP contribution in [-0.2, 0) is 4.79 Å². The molecule has 2 saturated heterocycles. The van der Waals surface area contributed by atoms with Crippen LogP contribution in [0.25, 0.3) is 0 Å². The molecular weight excluding hydrogens is 260 g/mol. The summed E-state index contributed by atoms with van der Waals surface area (Å²) in [7, 11) is 0. The predicted octanol–water partition coefficient (Wildman–Crippen LogP) is 3.44. The van der Waals surface area contributed by atoms with Crippen molar-refractivity contribution in [1.82, 2.24) is 10.2 Å². The summed E-state index contributed by atoms with van der Waals surface area (Å²) in [4.78, 5) is 15.0. The topological polar surface area (TPSA) is 32.3 Å². The van der Waals surface area contributed by atoms with E-state index in [1.165, 1.54) is 38.5 Å². The molecule has 3 heteroatoms. The third-order valence-corrected chi connectivity index (χ3v) is 5.33. The van der Waals surface area contributed by atoms with Gasteiger partial charge in [-0.05, 0) is 69.4 Å². The van der Waals surface area contributed by atoms with Crippen molar-refractivity contribution in [3.8, 4) is 0 Å². The van der Waals surface area contributed by atoms with Crippen molar-refractivity contribution in [3.63, 3.8) is 0 Å². The lowest BCUT2D eigenvalue weighted by atomic mass is 9.84. The van der Waals surface area contributed by atoms with Crippen molar-refractivity contribution < 1.29 is 4.79 Å². The normalized spacial score (nSPS) is 28.7. The van der Waals surface area contributed by atoms with E-state index < -0.39 is 0 Å². The number of hydrogen-bond donors (Lipinski definition) is 1. The highest BCUT2D eigenvalue weighted by Gasteiger charge is 2.29. The largest absolute Gasteiger partial charge is 0.340 e. The highest BCUT2D eigenvalue weighted by Crippen LogP contribution is 2.27. The zero-order chi connectivity index (χ0) is 15.2. The maximum atomic E-state index is 12.7. The van der Waals surface area contributed by atoms with E-state index in [4.69, 9.17) is 0 Å². The average molecular weight is 294 g/mol. The van der Waals surface area contributed by atoms with Crippen LogP contribution < -0.4 is 5.32 Å². The molecule has 3 atom stereocenters. The number of likely N-dealkylation sites (tertiary alicyclic amines) is 1. The first-order chi connectivity index (χ1) is 10.1. The molecule has 0 bridgehead atoms. The molecule has 0 aromatic carbocycles. The highest BCUT2D eigenvalue weighted by molar-refractivity contribution is 5.76. The van der Waals surface area contributed by atoms with Gasteiger partial charge in [0, 0.05) is 19.0 Å². The quantitative estimate of drug-likeness (QED) is 0.842. The minimum Gasteiger partial charge on any atom is -0.340 e. The highest BCUT2D eigenvalue weighted by atomic mass is 16.2. The van der Waals surface area contributed by atoms with Crippen LogP contribution in [0.15, 0.2) is 0 Å². The molecule has 0 aromatic heterocycles. The molecule has 0 aliphatic carbocycles. The van der Waals surface area contributed by atoms with Crippen LogP contribution in [0.3, 0.4) is 0 Å². The molecule has 1 N–H and O–H groups in total. The van der Waals surface area contributed by atoms with Gasteiger partial charge in [-0.2, -0.15) is 0 Å². The number of carbonyl (C=O) groups is 1. The Hall–Kier alpha value is -0.570. The van der Waals surface area contributed by atoms with Gasteiger partial charge in [0.2, 0.25) is 5.91 Å². The number of amides is 1. The lowest BCUT2D eigenvalue weighted by molar-refractivity contribution is -0.136. The zero-order valence-corrected chi connectivity index (χ0v) is 14.2. The zero-order valence-electron chi connectivity index (χ0n) is 14.2. The van der Waals surface area contributed by atoms with Gasteiger partial charge < -0.3 is 10.2 Å². The molecule has 21 heavy (non-hydrogen) atoms. The van der Waals surface area contributed by atoms with E-state index >= 15 is 0 Å². The first-order valence-electron chi connectivity index (χ1n) is 9.08. The van der Waals surface area contributed by atoms with E-state index in [2.05, 4.69) is 31.0 Å². The van der Waals surface area contributed by atoms with E-state index in [1.54, 1.807) is 0 Å². The summed E-state index contributed by atoms with van der Waals surface area (Å²) in [6.45, 7) is 10.1. The maximum absolute atomic E-state index is 12.7. The minimum absolute atomic E-state index is 0.415. The van der Waals surface area contributed by atoms with Crippen molar-refractivity contribution in [2.45, 2.75) is 71.8 Å². The fraction of sp³-hybridized carbons (Fsp3) is 0.944. The predicted molar refractivity (Wildman–Crippen MR) is 88.2 cm³/mol. The van der Waals surface area contributed by atoms with Crippen molar-refractivity contribution in [1.29, 1.82) is 0 Å². The van der Waals surface area contributed by atoms with Crippen LogP contribution in [0.4, 0.5) is 0 Å². The Labute approximate surface area is 130 Å². The van der Waals surface area contributed by atoms with Gasteiger partial charge in [0.25, 0.3) is 0 Å². The monoisotopic (exact) mass is 294 g/mol. The fourth-order valence-electron chi connectivity index (χ4n) is 4.04. The number of piperidine rings is 2. The van der Waals surface area contributed by atoms with E-state index in [0.29, 0.717) is 29.7 Å². The molecule has 0 saturated carbocycles. The molecule has 122 valence electrons. The second-order valence-electron chi connectivity index (χ2n) is 7.65. The van der Waals surface area contributed by atoms with Crippen LogP contribution in [0.1, 0.15) is 65.7 Å². The van der Waals surface area contributed by atoms with Gasteiger partial charge in [0.15, 0.2) is 0 Å². The molecule has 2 rings (SSSR count). The van der Waals surface area contributed by atoms with E-state index in [1.807, 2.05) is 0 Å². The lowest BCUT2D eigenvalue weighted by Crippen LogP contribution is -2.45. The second kappa shape index (κ2) is 8.17. The van der Waals surface area contributed by atoms with Crippen LogP contribution >= 0.6 is 0 Å². The van der Waals surface area contributed by atoms with E-state index in [0.717, 1.165) is 26.1 Å². The van der Waals surface area contributed by atoms with Gasteiger partial charge >= 0.3 is 0 Å². The smallest absolute Gasteiger partial charge is 0.223 e. The third kappa shape index (κ3) is 4.98. The molecular formula is C18H34N2O. The second-order valence-corrected chi connectivity index (χ2v) is 7.65.